The van der Waals surface area contributed by atoms with E-state index in [1.807, 2.05) is 66.9 Å². The first-order valence-corrected chi connectivity index (χ1v) is 9.57. The molecular weight excluding hydrogens is 364 g/mol. The standard InChI is InChI=1S/C24H22N2O3/c1-3-18-14-26-21(11-15(2)12-22(26)25-18)23(27)17-9-10-19(20(13-17)24(28)29)16-7-5-4-6-8-16/h4-14,23,27H,3H2,1-2H3,(H,28,29). The van der Waals surface area contributed by atoms with Crippen LogP contribution in [-0.2, 0) is 6.42 Å². The lowest BCUT2D eigenvalue weighted by Crippen LogP contribution is -2.08. The molecule has 0 amide bonds. The quantitative estimate of drug-likeness (QED) is 0.523. The van der Waals surface area contributed by atoms with E-state index >= 15 is 0 Å². The van der Waals surface area contributed by atoms with Gasteiger partial charge in [-0.05, 0) is 53.8 Å². The number of carbonyl (C=O) groups is 1. The van der Waals surface area contributed by atoms with Crippen molar-refractivity contribution < 1.29 is 15.0 Å². The number of benzene rings is 2. The molecule has 1 unspecified atom stereocenters. The van der Waals surface area contributed by atoms with Gasteiger partial charge in [-0.1, -0.05) is 49.4 Å². The molecule has 0 aliphatic carbocycles. The van der Waals surface area contributed by atoms with E-state index in [0.717, 1.165) is 28.9 Å². The summed E-state index contributed by atoms with van der Waals surface area (Å²) < 4.78 is 1.88. The Bertz CT molecular complexity index is 1200. The maximum Gasteiger partial charge on any atom is 0.336 e. The van der Waals surface area contributed by atoms with Gasteiger partial charge in [0.2, 0.25) is 0 Å². The summed E-state index contributed by atoms with van der Waals surface area (Å²) >= 11 is 0. The zero-order chi connectivity index (χ0) is 20.5. The molecule has 5 nitrogen and oxygen atoms in total. The number of aromatic nitrogens is 2. The highest BCUT2D eigenvalue weighted by Gasteiger charge is 2.20. The number of aryl methyl sites for hydroxylation is 2. The van der Waals surface area contributed by atoms with Gasteiger partial charge >= 0.3 is 5.97 Å². The highest BCUT2D eigenvalue weighted by atomic mass is 16.4. The van der Waals surface area contributed by atoms with Gasteiger partial charge in [0, 0.05) is 6.20 Å². The highest BCUT2D eigenvalue weighted by molar-refractivity contribution is 5.96. The Morgan fingerprint density at radius 3 is 2.55 bits per heavy atom. The van der Waals surface area contributed by atoms with Crippen molar-refractivity contribution in [3.05, 3.63) is 94.9 Å². The third-order valence-corrected chi connectivity index (χ3v) is 5.11. The van der Waals surface area contributed by atoms with E-state index in [-0.39, 0.29) is 5.56 Å². The Labute approximate surface area is 168 Å². The van der Waals surface area contributed by atoms with Crippen molar-refractivity contribution in [3.8, 4) is 11.1 Å². The summed E-state index contributed by atoms with van der Waals surface area (Å²) in [6, 6.07) is 18.4. The van der Waals surface area contributed by atoms with E-state index < -0.39 is 12.1 Å². The summed E-state index contributed by atoms with van der Waals surface area (Å²) in [5, 5.41) is 20.9. The van der Waals surface area contributed by atoms with Crippen LogP contribution in [0.5, 0.6) is 0 Å². The van der Waals surface area contributed by atoms with Crippen molar-refractivity contribution in [1.29, 1.82) is 0 Å². The molecule has 0 radical (unpaired) electrons. The Kier molecular flexibility index (Phi) is 4.91. The Morgan fingerprint density at radius 1 is 1.10 bits per heavy atom. The van der Waals surface area contributed by atoms with Crippen molar-refractivity contribution in [1.82, 2.24) is 9.38 Å². The first-order chi connectivity index (χ1) is 14.0. The molecule has 4 rings (SSSR count). The van der Waals surface area contributed by atoms with Gasteiger partial charge in [0.05, 0.1) is 17.0 Å². The van der Waals surface area contributed by atoms with Gasteiger partial charge in [-0.15, -0.1) is 0 Å². The number of rotatable bonds is 5. The van der Waals surface area contributed by atoms with Crippen LogP contribution in [0.25, 0.3) is 16.8 Å². The monoisotopic (exact) mass is 386 g/mol. The Hall–Kier alpha value is -3.44. The van der Waals surface area contributed by atoms with Gasteiger partial charge in [0.25, 0.3) is 0 Å². The Morgan fingerprint density at radius 2 is 1.86 bits per heavy atom. The van der Waals surface area contributed by atoms with Crippen LogP contribution in [0.3, 0.4) is 0 Å². The van der Waals surface area contributed by atoms with Crippen molar-refractivity contribution in [2.75, 3.05) is 0 Å². The third-order valence-electron chi connectivity index (χ3n) is 5.11. The number of carboxylic acids is 1. The zero-order valence-electron chi connectivity index (χ0n) is 16.3. The fourth-order valence-electron chi connectivity index (χ4n) is 3.63. The molecule has 0 saturated heterocycles. The minimum absolute atomic E-state index is 0.163. The summed E-state index contributed by atoms with van der Waals surface area (Å²) in [7, 11) is 0. The molecule has 2 N–H and O–H groups in total. The predicted octanol–water partition coefficient (Wildman–Crippen LogP) is 4.65. The smallest absolute Gasteiger partial charge is 0.336 e. The summed E-state index contributed by atoms with van der Waals surface area (Å²) in [5.74, 6) is -1.02. The number of fused-ring (bicyclic) bond motifs is 1. The van der Waals surface area contributed by atoms with E-state index in [0.29, 0.717) is 16.8 Å². The third kappa shape index (κ3) is 3.52. The van der Waals surface area contributed by atoms with Crippen LogP contribution in [0.15, 0.2) is 66.9 Å². The normalized spacial score (nSPS) is 12.2. The summed E-state index contributed by atoms with van der Waals surface area (Å²) in [4.78, 5) is 16.5. The summed E-state index contributed by atoms with van der Waals surface area (Å²) in [6.07, 6.45) is 1.74. The molecular formula is C24H22N2O3. The van der Waals surface area contributed by atoms with E-state index in [1.165, 1.54) is 0 Å². The van der Waals surface area contributed by atoms with Crippen molar-refractivity contribution in [3.63, 3.8) is 0 Å². The fraction of sp³-hybridized carbons (Fsp3) is 0.167. The maximum atomic E-state index is 11.9. The second-order valence-electron chi connectivity index (χ2n) is 7.15. The largest absolute Gasteiger partial charge is 0.478 e. The van der Waals surface area contributed by atoms with Gasteiger partial charge in [-0.2, -0.15) is 0 Å². The average Bonchev–Trinajstić information content (AvgIpc) is 3.15. The van der Waals surface area contributed by atoms with Gasteiger partial charge < -0.3 is 14.6 Å². The molecule has 2 aromatic carbocycles. The molecule has 0 spiro atoms. The molecule has 1 atom stereocenters. The van der Waals surface area contributed by atoms with Crippen molar-refractivity contribution in [2.45, 2.75) is 26.4 Å². The minimum Gasteiger partial charge on any atom is -0.478 e. The lowest BCUT2D eigenvalue weighted by atomic mass is 9.94. The van der Waals surface area contributed by atoms with Crippen LogP contribution < -0.4 is 0 Å². The fourth-order valence-corrected chi connectivity index (χ4v) is 3.63. The van der Waals surface area contributed by atoms with E-state index in [4.69, 9.17) is 0 Å². The molecule has 2 aromatic heterocycles. The number of imidazole rings is 1. The molecule has 29 heavy (non-hydrogen) atoms. The second kappa shape index (κ2) is 7.53. The SMILES string of the molecule is CCc1cn2c(C(O)c3ccc(-c4ccccc4)c(C(=O)O)c3)cc(C)cc2n1. The number of aliphatic hydroxyl groups excluding tert-OH is 1. The van der Waals surface area contributed by atoms with E-state index in [1.54, 1.807) is 18.2 Å². The Balaban J connectivity index is 1.83. The number of hydrogen-bond acceptors (Lipinski definition) is 3. The molecule has 2 heterocycles. The molecule has 0 aliphatic rings. The number of aromatic carboxylic acids is 1. The first kappa shape index (κ1) is 18.9. The first-order valence-electron chi connectivity index (χ1n) is 9.57. The van der Waals surface area contributed by atoms with Crippen molar-refractivity contribution in [2.24, 2.45) is 0 Å². The van der Waals surface area contributed by atoms with Crippen LogP contribution in [0, 0.1) is 6.92 Å². The number of carboxylic acid groups (broad SMARTS) is 1. The zero-order valence-corrected chi connectivity index (χ0v) is 16.3. The van der Waals surface area contributed by atoms with Gasteiger partial charge in [0.15, 0.2) is 0 Å². The van der Waals surface area contributed by atoms with E-state index in [2.05, 4.69) is 4.98 Å². The van der Waals surface area contributed by atoms with Crippen LogP contribution in [0.1, 0.15) is 45.9 Å². The van der Waals surface area contributed by atoms with Crippen LogP contribution >= 0.6 is 0 Å². The number of pyridine rings is 1. The lowest BCUT2D eigenvalue weighted by Gasteiger charge is -2.16. The number of hydrogen-bond donors (Lipinski definition) is 2. The van der Waals surface area contributed by atoms with Gasteiger partial charge in [-0.25, -0.2) is 9.78 Å². The molecule has 4 aromatic rings. The van der Waals surface area contributed by atoms with Crippen LogP contribution in [0.2, 0.25) is 0 Å². The van der Waals surface area contributed by atoms with Gasteiger partial charge in [0.1, 0.15) is 11.8 Å². The van der Waals surface area contributed by atoms with Crippen LogP contribution in [0.4, 0.5) is 0 Å². The maximum absolute atomic E-state index is 11.9. The molecule has 146 valence electrons. The molecule has 0 bridgehead atoms. The number of aliphatic hydroxyl groups is 1. The van der Waals surface area contributed by atoms with Gasteiger partial charge in [-0.3, -0.25) is 0 Å². The molecule has 5 heteroatoms. The lowest BCUT2D eigenvalue weighted by molar-refractivity contribution is 0.0697. The second-order valence-corrected chi connectivity index (χ2v) is 7.15. The highest BCUT2D eigenvalue weighted by Crippen LogP contribution is 2.30. The predicted molar refractivity (Wildman–Crippen MR) is 112 cm³/mol. The summed E-state index contributed by atoms with van der Waals surface area (Å²) in [6.45, 7) is 3.99. The van der Waals surface area contributed by atoms with E-state index in [9.17, 15) is 15.0 Å². The molecule has 0 aliphatic heterocycles. The van der Waals surface area contributed by atoms with Crippen molar-refractivity contribution >= 4 is 11.6 Å². The number of nitrogens with zero attached hydrogens (tertiary/aromatic N) is 2. The van der Waals surface area contributed by atoms with Crippen LogP contribution in [-0.4, -0.2) is 25.6 Å². The summed E-state index contributed by atoms with van der Waals surface area (Å²) in [5.41, 5.74) is 5.50. The minimum atomic E-state index is -1.02. The topological polar surface area (TPSA) is 74.8 Å². The molecule has 0 saturated carbocycles. The molecule has 0 fully saturated rings. The average molecular weight is 386 g/mol.